The predicted octanol–water partition coefficient (Wildman–Crippen LogP) is 4.10. The molecule has 2 aromatic carbocycles. The molecular weight excluding hydrogens is 400 g/mol. The molecule has 1 aromatic heterocycles. The van der Waals surface area contributed by atoms with Gasteiger partial charge >= 0.3 is 0 Å². The molecule has 0 bridgehead atoms. The van der Waals surface area contributed by atoms with E-state index in [1.807, 2.05) is 13.0 Å². The van der Waals surface area contributed by atoms with E-state index in [-0.39, 0.29) is 15.7 Å². The van der Waals surface area contributed by atoms with E-state index in [4.69, 9.17) is 4.74 Å². The summed E-state index contributed by atoms with van der Waals surface area (Å²) in [5.74, 6) is -0.320. The maximum atomic E-state index is 12.8. The van der Waals surface area contributed by atoms with Crippen LogP contribution < -0.4 is 5.32 Å². The molecular formula is C23H22N2O4S. The van der Waals surface area contributed by atoms with Crippen LogP contribution in [0.15, 0.2) is 88.9 Å². The second-order valence-electron chi connectivity index (χ2n) is 6.42. The van der Waals surface area contributed by atoms with Gasteiger partial charge < -0.3 is 10.1 Å². The highest BCUT2D eigenvalue weighted by Gasteiger charge is 2.17. The van der Waals surface area contributed by atoms with Crippen LogP contribution in [0.5, 0.6) is 0 Å². The average Bonchev–Trinajstić information content (AvgIpc) is 2.77. The summed E-state index contributed by atoms with van der Waals surface area (Å²) in [5.41, 5.74) is 2.22. The normalized spacial score (nSPS) is 11.5. The van der Waals surface area contributed by atoms with E-state index < -0.39 is 9.84 Å². The van der Waals surface area contributed by atoms with Crippen molar-refractivity contribution >= 4 is 27.5 Å². The number of ether oxygens (including phenoxy) is 1. The van der Waals surface area contributed by atoms with Gasteiger partial charge in [-0.25, -0.2) is 8.42 Å². The number of rotatable bonds is 8. The SMILES string of the molecule is CCOCc1ccc(S(=O)(=O)c2ccc(NC(=O)C=Cc3cccnc3)cc2)cc1. The number of nitrogens with one attached hydrogen (secondary N) is 1. The summed E-state index contributed by atoms with van der Waals surface area (Å²) in [5, 5.41) is 2.70. The summed E-state index contributed by atoms with van der Waals surface area (Å²) in [7, 11) is -3.64. The minimum absolute atomic E-state index is 0.156. The van der Waals surface area contributed by atoms with Gasteiger partial charge in [-0.2, -0.15) is 0 Å². The van der Waals surface area contributed by atoms with Gasteiger partial charge in [0.2, 0.25) is 15.7 Å². The van der Waals surface area contributed by atoms with Crippen molar-refractivity contribution < 1.29 is 17.9 Å². The maximum absolute atomic E-state index is 12.8. The summed E-state index contributed by atoms with van der Waals surface area (Å²) >= 11 is 0. The Bertz CT molecular complexity index is 1110. The molecule has 0 spiro atoms. The molecule has 0 saturated heterocycles. The van der Waals surface area contributed by atoms with Crippen LogP contribution in [0.1, 0.15) is 18.1 Å². The lowest BCUT2D eigenvalue weighted by Crippen LogP contribution is -2.08. The standard InChI is InChI=1S/C23H22N2O4S/c1-2-29-17-19-5-10-21(11-6-19)30(27,28)22-12-8-20(9-13-22)25-23(26)14-7-18-4-3-15-24-16-18/h3-16H,2,17H2,1H3,(H,25,26). The van der Waals surface area contributed by atoms with Gasteiger partial charge in [0.25, 0.3) is 0 Å². The molecule has 1 heterocycles. The Hall–Kier alpha value is -3.29. The Kier molecular flexibility index (Phi) is 7.11. The highest BCUT2D eigenvalue weighted by atomic mass is 32.2. The van der Waals surface area contributed by atoms with Gasteiger partial charge in [-0.05, 0) is 66.6 Å². The molecule has 6 nitrogen and oxygen atoms in total. The lowest BCUT2D eigenvalue weighted by Gasteiger charge is -2.08. The van der Waals surface area contributed by atoms with Crippen LogP contribution in [0.25, 0.3) is 6.08 Å². The Balaban J connectivity index is 1.67. The summed E-state index contributed by atoms with van der Waals surface area (Å²) < 4.78 is 31.0. The number of amides is 1. The summed E-state index contributed by atoms with van der Waals surface area (Å²) in [4.78, 5) is 16.4. The zero-order valence-corrected chi connectivity index (χ0v) is 17.3. The van der Waals surface area contributed by atoms with Crippen LogP contribution in [-0.4, -0.2) is 25.9 Å². The molecule has 0 aliphatic heterocycles. The fourth-order valence-corrected chi connectivity index (χ4v) is 3.93. The molecule has 0 saturated carbocycles. The topological polar surface area (TPSA) is 85.4 Å². The van der Waals surface area contributed by atoms with Gasteiger partial charge in [0.1, 0.15) is 0 Å². The van der Waals surface area contributed by atoms with Gasteiger partial charge in [-0.15, -0.1) is 0 Å². The average molecular weight is 423 g/mol. The van der Waals surface area contributed by atoms with Crippen molar-refractivity contribution in [2.75, 3.05) is 11.9 Å². The van der Waals surface area contributed by atoms with E-state index in [1.54, 1.807) is 60.9 Å². The number of benzene rings is 2. The van der Waals surface area contributed by atoms with Gasteiger partial charge in [0, 0.05) is 30.8 Å². The highest BCUT2D eigenvalue weighted by molar-refractivity contribution is 7.91. The van der Waals surface area contributed by atoms with Crippen LogP contribution in [0, 0.1) is 0 Å². The van der Waals surface area contributed by atoms with Crippen molar-refractivity contribution in [1.29, 1.82) is 0 Å². The second kappa shape index (κ2) is 9.96. The summed E-state index contributed by atoms with van der Waals surface area (Å²) in [6.07, 6.45) is 6.34. The molecule has 0 fully saturated rings. The van der Waals surface area contributed by atoms with Crippen molar-refractivity contribution in [2.24, 2.45) is 0 Å². The summed E-state index contributed by atoms with van der Waals surface area (Å²) in [6.45, 7) is 2.95. The third-order valence-electron chi connectivity index (χ3n) is 4.25. The molecule has 3 rings (SSSR count). The Morgan fingerprint density at radius 2 is 1.70 bits per heavy atom. The molecule has 0 atom stereocenters. The zero-order chi connectivity index (χ0) is 21.4. The van der Waals surface area contributed by atoms with Crippen LogP contribution in [0.3, 0.4) is 0 Å². The fourth-order valence-electron chi connectivity index (χ4n) is 2.67. The maximum Gasteiger partial charge on any atom is 0.248 e. The van der Waals surface area contributed by atoms with E-state index in [0.29, 0.717) is 18.9 Å². The molecule has 0 unspecified atom stereocenters. The van der Waals surface area contributed by atoms with E-state index >= 15 is 0 Å². The molecule has 0 aliphatic rings. The molecule has 1 amide bonds. The molecule has 3 aromatic rings. The molecule has 0 aliphatic carbocycles. The number of aromatic nitrogens is 1. The highest BCUT2D eigenvalue weighted by Crippen LogP contribution is 2.23. The molecule has 30 heavy (non-hydrogen) atoms. The van der Waals surface area contributed by atoms with Gasteiger partial charge in [-0.3, -0.25) is 9.78 Å². The number of pyridine rings is 1. The zero-order valence-electron chi connectivity index (χ0n) is 16.5. The first kappa shape index (κ1) is 21.4. The van der Waals surface area contributed by atoms with Crippen molar-refractivity contribution in [2.45, 2.75) is 23.3 Å². The Morgan fingerprint density at radius 3 is 2.30 bits per heavy atom. The quantitative estimate of drug-likeness (QED) is 0.553. The largest absolute Gasteiger partial charge is 0.377 e. The molecule has 0 radical (unpaired) electrons. The molecule has 154 valence electrons. The third-order valence-corrected chi connectivity index (χ3v) is 6.04. The van der Waals surface area contributed by atoms with Crippen molar-refractivity contribution in [3.63, 3.8) is 0 Å². The first-order chi connectivity index (χ1) is 14.5. The summed E-state index contributed by atoms with van der Waals surface area (Å²) in [6, 6.07) is 16.3. The van der Waals surface area contributed by atoms with E-state index in [9.17, 15) is 13.2 Å². The van der Waals surface area contributed by atoms with Crippen LogP contribution in [0.2, 0.25) is 0 Å². The van der Waals surface area contributed by atoms with Crippen LogP contribution >= 0.6 is 0 Å². The van der Waals surface area contributed by atoms with E-state index in [2.05, 4.69) is 10.3 Å². The minimum atomic E-state index is -3.64. The Labute approximate surface area is 176 Å². The number of nitrogens with zero attached hydrogens (tertiary/aromatic N) is 1. The van der Waals surface area contributed by atoms with E-state index in [1.165, 1.54) is 18.2 Å². The van der Waals surface area contributed by atoms with Crippen molar-refractivity contribution in [1.82, 2.24) is 4.98 Å². The number of carbonyl (C=O) groups excluding carboxylic acids is 1. The smallest absolute Gasteiger partial charge is 0.248 e. The number of sulfone groups is 1. The second-order valence-corrected chi connectivity index (χ2v) is 8.37. The predicted molar refractivity (Wildman–Crippen MR) is 116 cm³/mol. The van der Waals surface area contributed by atoms with Gasteiger partial charge in [-0.1, -0.05) is 18.2 Å². The van der Waals surface area contributed by atoms with Crippen molar-refractivity contribution in [3.05, 3.63) is 90.3 Å². The van der Waals surface area contributed by atoms with Crippen LogP contribution in [-0.2, 0) is 26.0 Å². The molecule has 7 heteroatoms. The Morgan fingerprint density at radius 1 is 1.03 bits per heavy atom. The third kappa shape index (κ3) is 5.62. The fraction of sp³-hybridized carbons (Fsp3) is 0.130. The lowest BCUT2D eigenvalue weighted by molar-refractivity contribution is -0.111. The molecule has 1 N–H and O–H groups in total. The number of hydrogen-bond donors (Lipinski definition) is 1. The first-order valence-corrected chi connectivity index (χ1v) is 10.9. The number of hydrogen-bond acceptors (Lipinski definition) is 5. The van der Waals surface area contributed by atoms with E-state index in [0.717, 1.165) is 11.1 Å². The lowest BCUT2D eigenvalue weighted by atomic mass is 10.2. The minimum Gasteiger partial charge on any atom is -0.377 e. The number of carbonyl (C=O) groups is 1. The van der Waals surface area contributed by atoms with Crippen LogP contribution in [0.4, 0.5) is 5.69 Å². The van der Waals surface area contributed by atoms with Gasteiger partial charge in [0.05, 0.1) is 16.4 Å². The first-order valence-electron chi connectivity index (χ1n) is 9.40. The monoisotopic (exact) mass is 422 g/mol. The van der Waals surface area contributed by atoms with Crippen molar-refractivity contribution in [3.8, 4) is 0 Å². The number of anilines is 1. The van der Waals surface area contributed by atoms with Gasteiger partial charge in [0.15, 0.2) is 0 Å².